The Morgan fingerprint density at radius 1 is 0.310 bits per heavy atom. The second-order valence-electron chi connectivity index (χ2n) is 18.3. The van der Waals surface area contributed by atoms with Gasteiger partial charge in [-0.15, -0.1) is 22.7 Å². The van der Waals surface area contributed by atoms with E-state index in [0.29, 0.717) is 17.5 Å². The van der Waals surface area contributed by atoms with E-state index in [-0.39, 0.29) is 0 Å². The van der Waals surface area contributed by atoms with Crippen molar-refractivity contribution >= 4 is 129 Å². The molecule has 16 aromatic rings. The first-order valence-corrected chi connectivity index (χ1v) is 25.3. The van der Waals surface area contributed by atoms with E-state index in [1.165, 1.54) is 51.1 Å². The molecule has 0 aliphatic heterocycles. The van der Waals surface area contributed by atoms with Crippen molar-refractivity contribution in [2.24, 2.45) is 0 Å². The molecule has 6 heterocycles. The third kappa shape index (κ3) is 5.83. The van der Waals surface area contributed by atoms with E-state index in [0.717, 1.165) is 88.4 Å². The van der Waals surface area contributed by atoms with Crippen molar-refractivity contribution in [3.05, 3.63) is 206 Å². The van der Waals surface area contributed by atoms with E-state index in [4.69, 9.17) is 23.8 Å². The van der Waals surface area contributed by atoms with E-state index in [1.54, 1.807) is 22.7 Å². The number of rotatable bonds is 5. The normalized spacial score (nSPS) is 12.2. The van der Waals surface area contributed by atoms with Crippen LogP contribution >= 0.6 is 22.7 Å². The highest BCUT2D eigenvalue weighted by atomic mass is 32.1. The summed E-state index contributed by atoms with van der Waals surface area (Å²) in [6.45, 7) is 0. The molecule has 0 spiro atoms. The minimum atomic E-state index is 0.577. The summed E-state index contributed by atoms with van der Waals surface area (Å²) < 4.78 is 20.7. The van der Waals surface area contributed by atoms with Crippen LogP contribution in [0.15, 0.2) is 215 Å². The van der Waals surface area contributed by atoms with Crippen LogP contribution < -0.4 is 0 Å². The molecule has 71 heavy (non-hydrogen) atoms. The zero-order valence-corrected chi connectivity index (χ0v) is 39.2. The van der Waals surface area contributed by atoms with Crippen molar-refractivity contribution in [3.63, 3.8) is 0 Å². The van der Waals surface area contributed by atoms with Crippen molar-refractivity contribution in [3.8, 4) is 51.0 Å². The van der Waals surface area contributed by atoms with Gasteiger partial charge < -0.3 is 13.4 Å². The topological polar surface area (TPSA) is 69.9 Å². The van der Waals surface area contributed by atoms with Crippen LogP contribution in [-0.4, -0.2) is 19.5 Å². The van der Waals surface area contributed by atoms with Gasteiger partial charge in [0.15, 0.2) is 17.5 Å². The quantitative estimate of drug-likeness (QED) is 0.172. The Hall–Kier alpha value is -8.95. The molecule has 330 valence electrons. The molecule has 0 saturated heterocycles. The van der Waals surface area contributed by atoms with Gasteiger partial charge in [-0.05, 0) is 77.9 Å². The van der Waals surface area contributed by atoms with Crippen LogP contribution in [0.25, 0.3) is 157 Å². The molecule has 16 rings (SSSR count). The molecule has 6 aromatic heterocycles. The van der Waals surface area contributed by atoms with E-state index >= 15 is 0 Å². The molecule has 0 radical (unpaired) electrons. The van der Waals surface area contributed by atoms with Crippen LogP contribution in [0.1, 0.15) is 0 Å². The van der Waals surface area contributed by atoms with E-state index in [2.05, 4.69) is 193 Å². The molecule has 6 nitrogen and oxygen atoms in total. The zero-order valence-electron chi connectivity index (χ0n) is 37.6. The lowest BCUT2D eigenvalue weighted by molar-refractivity contribution is 0.668. The maximum Gasteiger partial charge on any atom is 0.164 e. The van der Waals surface area contributed by atoms with Crippen molar-refractivity contribution in [2.45, 2.75) is 0 Å². The zero-order chi connectivity index (χ0) is 46.3. The average molecular weight is 943 g/mol. The Kier molecular flexibility index (Phi) is 8.11. The van der Waals surface area contributed by atoms with Crippen LogP contribution in [0.3, 0.4) is 0 Å². The van der Waals surface area contributed by atoms with Crippen molar-refractivity contribution < 1.29 is 8.83 Å². The van der Waals surface area contributed by atoms with Gasteiger partial charge in [0.25, 0.3) is 0 Å². The highest BCUT2D eigenvalue weighted by Crippen LogP contribution is 2.45. The van der Waals surface area contributed by atoms with Gasteiger partial charge in [0.1, 0.15) is 22.3 Å². The molecule has 0 aliphatic carbocycles. The third-order valence-electron chi connectivity index (χ3n) is 14.3. The van der Waals surface area contributed by atoms with Gasteiger partial charge >= 0.3 is 0 Å². The molecule has 0 bridgehead atoms. The standard InChI is InChI=1S/C63H34N4O2S2/c1-6-18-49-39(12-1)40-13-2-7-19-50(40)67(49)38-33-47(59-45-16-3-8-20-51(45)69-54(59)34-38)35-26-29-52-48(30-35)60-46(17-11-21-53(60)68-52)63-65-61(36-24-27-43-41-14-4-9-22-55(41)70-57(43)31-36)64-62(66-63)37-25-28-44-42-15-5-10-23-56(42)71-58(44)32-37/h1-34H. The largest absolute Gasteiger partial charge is 0.456 e. The Balaban J connectivity index is 0.923. The smallest absolute Gasteiger partial charge is 0.164 e. The number of para-hydroxylation sites is 3. The fraction of sp³-hybridized carbons (Fsp3) is 0. The minimum Gasteiger partial charge on any atom is -0.456 e. The Bertz CT molecular complexity index is 4730. The van der Waals surface area contributed by atoms with E-state index < -0.39 is 0 Å². The summed E-state index contributed by atoms with van der Waals surface area (Å²) in [4.78, 5) is 16.0. The molecule has 0 aliphatic rings. The predicted molar refractivity (Wildman–Crippen MR) is 296 cm³/mol. The summed E-state index contributed by atoms with van der Waals surface area (Å²) in [5, 5.41) is 11.4. The van der Waals surface area contributed by atoms with Gasteiger partial charge in [0, 0.05) is 95.4 Å². The molecular formula is C63H34N4O2S2. The first kappa shape index (κ1) is 39.0. The fourth-order valence-electron chi connectivity index (χ4n) is 11.1. The fourth-order valence-corrected chi connectivity index (χ4v) is 13.4. The van der Waals surface area contributed by atoms with Crippen LogP contribution in [0.2, 0.25) is 0 Å². The predicted octanol–water partition coefficient (Wildman–Crippen LogP) is 18.2. The second kappa shape index (κ2) is 14.8. The van der Waals surface area contributed by atoms with Crippen LogP contribution in [0.4, 0.5) is 0 Å². The molecule has 10 aromatic carbocycles. The molecule has 0 saturated carbocycles. The highest BCUT2D eigenvalue weighted by molar-refractivity contribution is 7.26. The molecular weight excluding hydrogens is 909 g/mol. The maximum absolute atomic E-state index is 6.72. The number of nitrogens with zero attached hydrogens (tertiary/aromatic N) is 4. The number of fused-ring (bicyclic) bond motifs is 15. The van der Waals surface area contributed by atoms with Crippen molar-refractivity contribution in [1.82, 2.24) is 19.5 Å². The van der Waals surface area contributed by atoms with Gasteiger partial charge in [-0.2, -0.15) is 0 Å². The molecule has 0 unspecified atom stereocenters. The van der Waals surface area contributed by atoms with Crippen LogP contribution in [0, 0.1) is 0 Å². The van der Waals surface area contributed by atoms with Gasteiger partial charge in [0.2, 0.25) is 0 Å². The first-order chi connectivity index (χ1) is 35.1. The number of hydrogen-bond acceptors (Lipinski definition) is 7. The van der Waals surface area contributed by atoms with E-state index in [9.17, 15) is 0 Å². The van der Waals surface area contributed by atoms with E-state index in [1.807, 2.05) is 18.2 Å². The summed E-state index contributed by atoms with van der Waals surface area (Å²) in [5.41, 5.74) is 11.4. The third-order valence-corrected chi connectivity index (χ3v) is 16.5. The van der Waals surface area contributed by atoms with Gasteiger partial charge in [-0.1, -0.05) is 133 Å². The summed E-state index contributed by atoms with van der Waals surface area (Å²) in [6.07, 6.45) is 0. The summed E-state index contributed by atoms with van der Waals surface area (Å²) >= 11 is 3.58. The Labute approximate surface area is 411 Å². The number of thiophene rings is 2. The first-order valence-electron chi connectivity index (χ1n) is 23.6. The number of aromatic nitrogens is 4. The van der Waals surface area contributed by atoms with Crippen LogP contribution in [0.5, 0.6) is 0 Å². The lowest BCUT2D eigenvalue weighted by atomic mass is 9.96. The lowest BCUT2D eigenvalue weighted by Gasteiger charge is -2.12. The number of furan rings is 2. The SMILES string of the molecule is c1ccc2c(c1)oc1cc(-n3c4ccccc4c4ccccc43)cc(-c3ccc4oc5cccc(-c6nc(-c7ccc8c(c7)sc7ccccc78)nc(-c7ccc8c(c7)sc7ccccc78)n6)c5c4c3)c12. The summed E-state index contributed by atoms with van der Waals surface area (Å²) in [6, 6.07) is 73.1. The lowest BCUT2D eigenvalue weighted by Crippen LogP contribution is -2.00. The van der Waals surface area contributed by atoms with Crippen molar-refractivity contribution in [2.75, 3.05) is 0 Å². The van der Waals surface area contributed by atoms with Gasteiger partial charge in [-0.25, -0.2) is 15.0 Å². The average Bonchev–Trinajstić information content (AvgIpc) is 4.25. The maximum atomic E-state index is 6.72. The highest BCUT2D eigenvalue weighted by Gasteiger charge is 2.22. The summed E-state index contributed by atoms with van der Waals surface area (Å²) in [7, 11) is 0. The van der Waals surface area contributed by atoms with Crippen molar-refractivity contribution in [1.29, 1.82) is 0 Å². The number of benzene rings is 10. The Morgan fingerprint density at radius 3 is 1.49 bits per heavy atom. The number of hydrogen-bond donors (Lipinski definition) is 0. The monoisotopic (exact) mass is 942 g/mol. The summed E-state index contributed by atoms with van der Waals surface area (Å²) in [5.74, 6) is 1.80. The molecule has 0 amide bonds. The molecule has 8 heteroatoms. The Morgan fingerprint density at radius 2 is 0.817 bits per heavy atom. The second-order valence-corrected chi connectivity index (χ2v) is 20.4. The van der Waals surface area contributed by atoms with Crippen LogP contribution in [-0.2, 0) is 0 Å². The minimum absolute atomic E-state index is 0.577. The molecule has 0 N–H and O–H groups in total. The molecule has 0 atom stereocenters. The molecule has 0 fully saturated rings. The van der Waals surface area contributed by atoms with Gasteiger partial charge in [0.05, 0.1) is 16.7 Å². The van der Waals surface area contributed by atoms with Gasteiger partial charge in [-0.3, -0.25) is 0 Å².